The third-order valence-corrected chi connectivity index (χ3v) is 3.91. The summed E-state index contributed by atoms with van der Waals surface area (Å²) in [5.41, 5.74) is 0. The normalized spacial score (nSPS) is 11.4. The fourth-order valence-electron chi connectivity index (χ4n) is 0.985. The fourth-order valence-corrected chi connectivity index (χ4v) is 2.75. The summed E-state index contributed by atoms with van der Waals surface area (Å²) in [6.07, 6.45) is -4.39. The van der Waals surface area contributed by atoms with Gasteiger partial charge in [0.2, 0.25) is 5.91 Å². The van der Waals surface area contributed by atoms with Crippen LogP contribution < -0.4 is 5.32 Å². The van der Waals surface area contributed by atoms with Crippen LogP contribution in [-0.4, -0.2) is 24.4 Å². The summed E-state index contributed by atoms with van der Waals surface area (Å²) in [4.78, 5) is 11.8. The molecule has 0 saturated carbocycles. The standard InChI is InChI=1S/C10H8ClF3INOS/c11-7-3-6(15)1-2-8(7)18-4-9(17)16-5-10(12,13)14/h1-3H,4-5H2,(H,16,17). The first-order valence-corrected chi connectivity index (χ1v) is 7.13. The van der Waals surface area contributed by atoms with Crippen molar-refractivity contribution in [2.24, 2.45) is 0 Å². The largest absolute Gasteiger partial charge is 0.405 e. The van der Waals surface area contributed by atoms with Crippen LogP contribution in [-0.2, 0) is 4.79 Å². The minimum Gasteiger partial charge on any atom is -0.346 e. The number of carbonyl (C=O) groups is 1. The Morgan fingerprint density at radius 3 is 2.67 bits per heavy atom. The molecule has 0 aliphatic rings. The van der Waals surface area contributed by atoms with Crippen LogP contribution in [0.2, 0.25) is 5.02 Å². The molecule has 2 nitrogen and oxygen atoms in total. The summed E-state index contributed by atoms with van der Waals surface area (Å²) >= 11 is 9.11. The first-order valence-electron chi connectivity index (χ1n) is 4.69. The SMILES string of the molecule is O=C(CSc1ccc(I)cc1Cl)NCC(F)(F)F. The number of carbonyl (C=O) groups excluding carboxylic acids is 1. The molecule has 1 rings (SSSR count). The highest BCUT2D eigenvalue weighted by atomic mass is 127. The lowest BCUT2D eigenvalue weighted by Crippen LogP contribution is -2.34. The van der Waals surface area contributed by atoms with E-state index in [1.54, 1.807) is 17.4 Å². The zero-order valence-electron chi connectivity index (χ0n) is 8.85. The molecule has 8 heteroatoms. The van der Waals surface area contributed by atoms with Crippen molar-refractivity contribution >= 4 is 51.9 Å². The van der Waals surface area contributed by atoms with Gasteiger partial charge in [0.05, 0.1) is 10.8 Å². The Hall–Kier alpha value is -0.150. The Balaban J connectivity index is 2.43. The van der Waals surface area contributed by atoms with Crippen LogP contribution in [0.5, 0.6) is 0 Å². The maximum Gasteiger partial charge on any atom is 0.405 e. The van der Waals surface area contributed by atoms with E-state index in [0.29, 0.717) is 9.92 Å². The van der Waals surface area contributed by atoms with Gasteiger partial charge in [-0.2, -0.15) is 13.2 Å². The van der Waals surface area contributed by atoms with Gasteiger partial charge in [-0.05, 0) is 40.8 Å². The van der Waals surface area contributed by atoms with Crippen molar-refractivity contribution in [2.45, 2.75) is 11.1 Å². The van der Waals surface area contributed by atoms with E-state index in [1.807, 2.05) is 6.07 Å². The Labute approximate surface area is 125 Å². The van der Waals surface area contributed by atoms with Crippen LogP contribution in [0.4, 0.5) is 13.2 Å². The molecule has 0 spiro atoms. The van der Waals surface area contributed by atoms with Gasteiger partial charge < -0.3 is 5.32 Å². The van der Waals surface area contributed by atoms with Crippen molar-refractivity contribution in [3.63, 3.8) is 0 Å². The molecular weight excluding hydrogens is 402 g/mol. The minimum absolute atomic E-state index is 0.101. The van der Waals surface area contributed by atoms with Crippen LogP contribution in [0.25, 0.3) is 0 Å². The quantitative estimate of drug-likeness (QED) is 0.607. The Morgan fingerprint density at radius 2 is 2.11 bits per heavy atom. The summed E-state index contributed by atoms with van der Waals surface area (Å²) in [6, 6.07) is 5.26. The molecule has 0 radical (unpaired) electrons. The molecule has 0 aliphatic heterocycles. The van der Waals surface area contributed by atoms with Gasteiger partial charge in [0, 0.05) is 8.47 Å². The van der Waals surface area contributed by atoms with Crippen molar-refractivity contribution in [1.82, 2.24) is 5.32 Å². The molecular formula is C10H8ClF3INOS. The lowest BCUT2D eigenvalue weighted by atomic mass is 10.4. The topological polar surface area (TPSA) is 29.1 Å². The molecule has 1 aromatic rings. The van der Waals surface area contributed by atoms with Crippen LogP contribution >= 0.6 is 46.0 Å². The molecule has 0 unspecified atom stereocenters. The van der Waals surface area contributed by atoms with Crippen molar-refractivity contribution in [1.29, 1.82) is 0 Å². The molecule has 18 heavy (non-hydrogen) atoms. The summed E-state index contributed by atoms with van der Waals surface area (Å²) in [7, 11) is 0. The van der Waals surface area contributed by atoms with Gasteiger partial charge >= 0.3 is 6.18 Å². The van der Waals surface area contributed by atoms with Crippen molar-refractivity contribution in [3.05, 3.63) is 26.8 Å². The number of amides is 1. The number of hydrogen-bond donors (Lipinski definition) is 1. The molecule has 100 valence electrons. The van der Waals surface area contributed by atoms with Crippen LogP contribution in [0.3, 0.4) is 0 Å². The molecule has 0 heterocycles. The highest BCUT2D eigenvalue weighted by Crippen LogP contribution is 2.28. The lowest BCUT2D eigenvalue weighted by Gasteiger charge is -2.08. The highest BCUT2D eigenvalue weighted by Gasteiger charge is 2.27. The van der Waals surface area contributed by atoms with Gasteiger partial charge in [0.1, 0.15) is 6.54 Å². The number of thioether (sulfide) groups is 1. The van der Waals surface area contributed by atoms with Crippen LogP contribution in [0.1, 0.15) is 0 Å². The first kappa shape index (κ1) is 15.9. The smallest absolute Gasteiger partial charge is 0.346 e. The summed E-state index contributed by atoms with van der Waals surface area (Å²) in [5.74, 6) is -0.775. The number of halogens is 5. The zero-order chi connectivity index (χ0) is 13.8. The maximum atomic E-state index is 11.8. The molecule has 1 N–H and O–H groups in total. The molecule has 0 saturated heterocycles. The van der Waals surface area contributed by atoms with E-state index in [2.05, 4.69) is 22.6 Å². The van der Waals surface area contributed by atoms with E-state index in [-0.39, 0.29) is 5.75 Å². The molecule has 0 bridgehead atoms. The van der Waals surface area contributed by atoms with E-state index in [4.69, 9.17) is 11.6 Å². The Morgan fingerprint density at radius 1 is 1.44 bits per heavy atom. The third-order valence-electron chi connectivity index (χ3n) is 1.74. The van der Waals surface area contributed by atoms with Crippen molar-refractivity contribution < 1.29 is 18.0 Å². The zero-order valence-corrected chi connectivity index (χ0v) is 12.6. The number of hydrogen-bond acceptors (Lipinski definition) is 2. The van der Waals surface area contributed by atoms with Crippen molar-refractivity contribution in [2.75, 3.05) is 12.3 Å². The molecule has 1 aromatic carbocycles. The van der Waals surface area contributed by atoms with Crippen LogP contribution in [0.15, 0.2) is 23.1 Å². The average Bonchev–Trinajstić information content (AvgIpc) is 2.24. The molecule has 0 atom stereocenters. The Bertz CT molecular complexity index is 442. The second kappa shape index (κ2) is 6.85. The number of alkyl halides is 3. The van der Waals surface area contributed by atoms with E-state index in [1.165, 1.54) is 0 Å². The second-order valence-corrected chi connectivity index (χ2v) is 5.93. The Kier molecular flexibility index (Phi) is 6.06. The van der Waals surface area contributed by atoms with Gasteiger partial charge in [-0.3, -0.25) is 4.79 Å². The van der Waals surface area contributed by atoms with Gasteiger partial charge in [0.25, 0.3) is 0 Å². The summed E-state index contributed by atoms with van der Waals surface area (Å²) < 4.78 is 36.5. The molecule has 1 amide bonds. The first-order chi connectivity index (χ1) is 8.28. The van der Waals surface area contributed by atoms with Gasteiger partial charge in [0.15, 0.2) is 0 Å². The maximum absolute atomic E-state index is 11.8. The lowest BCUT2D eigenvalue weighted by molar-refractivity contribution is -0.136. The van der Waals surface area contributed by atoms with E-state index in [0.717, 1.165) is 15.3 Å². The van der Waals surface area contributed by atoms with Crippen molar-refractivity contribution in [3.8, 4) is 0 Å². The van der Waals surface area contributed by atoms with Crippen LogP contribution in [0, 0.1) is 3.57 Å². The van der Waals surface area contributed by atoms with E-state index < -0.39 is 18.6 Å². The molecule has 0 fully saturated rings. The third kappa shape index (κ3) is 6.14. The second-order valence-electron chi connectivity index (χ2n) is 3.26. The fraction of sp³-hybridized carbons (Fsp3) is 0.300. The highest BCUT2D eigenvalue weighted by molar-refractivity contribution is 14.1. The predicted octanol–water partition coefficient (Wildman–Crippen LogP) is 3.72. The van der Waals surface area contributed by atoms with Gasteiger partial charge in [-0.25, -0.2) is 0 Å². The molecule has 0 aliphatic carbocycles. The number of benzene rings is 1. The summed E-state index contributed by atoms with van der Waals surface area (Å²) in [5, 5.41) is 2.28. The minimum atomic E-state index is -4.39. The summed E-state index contributed by atoms with van der Waals surface area (Å²) in [6.45, 7) is -1.31. The van der Waals surface area contributed by atoms with E-state index in [9.17, 15) is 18.0 Å². The monoisotopic (exact) mass is 409 g/mol. The molecule has 0 aromatic heterocycles. The predicted molar refractivity (Wildman–Crippen MR) is 74.0 cm³/mol. The van der Waals surface area contributed by atoms with Gasteiger partial charge in [-0.15, -0.1) is 11.8 Å². The number of nitrogens with one attached hydrogen (secondary N) is 1. The number of rotatable bonds is 4. The van der Waals surface area contributed by atoms with Gasteiger partial charge in [-0.1, -0.05) is 11.6 Å². The average molecular weight is 410 g/mol. The van der Waals surface area contributed by atoms with E-state index >= 15 is 0 Å².